The molecule has 5 N–H and O–H groups in total. The second-order valence-electron chi connectivity index (χ2n) is 2.64. The molecule has 0 atom stereocenters. The molecule has 8 heteroatoms. The van der Waals surface area contributed by atoms with Crippen molar-refractivity contribution in [2.24, 2.45) is 5.14 Å². The van der Waals surface area contributed by atoms with E-state index in [4.69, 9.17) is 10.3 Å². The van der Waals surface area contributed by atoms with E-state index in [1.165, 1.54) is 29.7 Å². The number of urea groups is 1. The number of hydrogen-bond donors (Lipinski definition) is 4. The Labute approximate surface area is 85.9 Å². The van der Waals surface area contributed by atoms with Gasteiger partial charge in [-0.1, -0.05) is 0 Å². The van der Waals surface area contributed by atoms with Crippen molar-refractivity contribution in [1.29, 1.82) is 0 Å². The molecule has 0 aromatic heterocycles. The lowest BCUT2D eigenvalue weighted by Crippen LogP contribution is -2.25. The van der Waals surface area contributed by atoms with Gasteiger partial charge in [0.05, 0.1) is 4.90 Å². The minimum Gasteiger partial charge on any atom is -0.306 e. The topological polar surface area (TPSA) is 122 Å². The van der Waals surface area contributed by atoms with Crippen LogP contribution in [0.3, 0.4) is 0 Å². The van der Waals surface area contributed by atoms with Crippen LogP contribution in [0.15, 0.2) is 29.2 Å². The summed E-state index contributed by atoms with van der Waals surface area (Å²) in [6.07, 6.45) is 0. The molecule has 0 fully saturated rings. The molecule has 1 rings (SSSR count). The van der Waals surface area contributed by atoms with Gasteiger partial charge < -0.3 is 5.32 Å². The maximum Gasteiger partial charge on any atom is 0.342 e. The van der Waals surface area contributed by atoms with Crippen LogP contribution in [-0.4, -0.2) is 19.7 Å². The monoisotopic (exact) mass is 231 g/mol. The summed E-state index contributed by atoms with van der Waals surface area (Å²) in [5.74, 6) is 0. The molecule has 0 radical (unpaired) electrons. The number of primary sulfonamides is 1. The molecular weight excluding hydrogens is 222 g/mol. The van der Waals surface area contributed by atoms with Crippen LogP contribution in [0.25, 0.3) is 0 Å². The van der Waals surface area contributed by atoms with Gasteiger partial charge in [0.2, 0.25) is 10.0 Å². The molecular formula is C7H9N3O4S. The first kappa shape index (κ1) is 11.4. The Morgan fingerprint density at radius 2 is 1.80 bits per heavy atom. The average Bonchev–Trinajstić information content (AvgIpc) is 2.17. The van der Waals surface area contributed by atoms with Crippen LogP contribution in [0.4, 0.5) is 10.5 Å². The van der Waals surface area contributed by atoms with E-state index in [9.17, 15) is 13.2 Å². The first-order chi connectivity index (χ1) is 6.93. The Kier molecular flexibility index (Phi) is 3.24. The first-order valence-electron chi connectivity index (χ1n) is 3.77. The van der Waals surface area contributed by atoms with Crippen LogP contribution in [-0.2, 0) is 10.0 Å². The van der Waals surface area contributed by atoms with Gasteiger partial charge in [-0.3, -0.25) is 5.21 Å². The van der Waals surface area contributed by atoms with Crippen LogP contribution < -0.4 is 15.9 Å². The van der Waals surface area contributed by atoms with Crippen molar-refractivity contribution in [3.63, 3.8) is 0 Å². The van der Waals surface area contributed by atoms with Gasteiger partial charge in [-0.25, -0.2) is 23.8 Å². The molecule has 7 nitrogen and oxygen atoms in total. The van der Waals surface area contributed by atoms with Crippen molar-refractivity contribution >= 4 is 21.7 Å². The van der Waals surface area contributed by atoms with E-state index in [2.05, 4.69) is 5.32 Å². The number of carbonyl (C=O) groups excluding carboxylic acids is 1. The summed E-state index contributed by atoms with van der Waals surface area (Å²) in [6, 6.07) is 4.34. The molecule has 0 heterocycles. The van der Waals surface area contributed by atoms with Crippen LogP contribution in [0.1, 0.15) is 0 Å². The fourth-order valence-electron chi connectivity index (χ4n) is 0.887. The largest absolute Gasteiger partial charge is 0.342 e. The highest BCUT2D eigenvalue weighted by Gasteiger charge is 2.07. The molecule has 2 amide bonds. The number of rotatable bonds is 2. The minimum absolute atomic E-state index is 0.0579. The summed E-state index contributed by atoms with van der Waals surface area (Å²) < 4.78 is 21.7. The van der Waals surface area contributed by atoms with Crippen LogP contribution in [0.5, 0.6) is 0 Å². The highest BCUT2D eigenvalue weighted by Crippen LogP contribution is 2.12. The number of amides is 2. The standard InChI is InChI=1S/C7H9N3O4S/c8-15(13,14)6-3-1-5(2-4-6)9-7(11)10-12/h1-4,12H,(H2,8,13,14)(H2,9,10,11). The van der Waals surface area contributed by atoms with Gasteiger partial charge in [0.25, 0.3) is 0 Å². The second kappa shape index (κ2) is 4.26. The number of nitrogens with two attached hydrogens (primary N) is 1. The number of anilines is 1. The van der Waals surface area contributed by atoms with Crippen molar-refractivity contribution in [2.75, 3.05) is 5.32 Å². The molecule has 1 aromatic rings. The van der Waals surface area contributed by atoms with E-state index in [1.54, 1.807) is 0 Å². The zero-order valence-corrected chi connectivity index (χ0v) is 8.28. The maximum atomic E-state index is 10.9. The van der Waals surface area contributed by atoms with Gasteiger partial charge in [-0.15, -0.1) is 0 Å². The van der Waals surface area contributed by atoms with Gasteiger partial charge in [0, 0.05) is 5.69 Å². The van der Waals surface area contributed by atoms with Crippen molar-refractivity contribution in [3.8, 4) is 0 Å². The fourth-order valence-corrected chi connectivity index (χ4v) is 1.40. The molecule has 0 aliphatic rings. The first-order valence-corrected chi connectivity index (χ1v) is 5.32. The van der Waals surface area contributed by atoms with Crippen molar-refractivity contribution < 1.29 is 18.4 Å². The molecule has 0 saturated heterocycles. The lowest BCUT2D eigenvalue weighted by molar-refractivity contribution is 0.172. The highest BCUT2D eigenvalue weighted by atomic mass is 32.2. The van der Waals surface area contributed by atoms with E-state index in [0.29, 0.717) is 5.69 Å². The van der Waals surface area contributed by atoms with Crippen molar-refractivity contribution in [3.05, 3.63) is 24.3 Å². The lowest BCUT2D eigenvalue weighted by Gasteiger charge is -2.03. The quantitative estimate of drug-likeness (QED) is 0.417. The zero-order chi connectivity index (χ0) is 11.5. The smallest absolute Gasteiger partial charge is 0.306 e. The van der Waals surface area contributed by atoms with Gasteiger partial charge in [-0.05, 0) is 24.3 Å². The fraction of sp³-hybridized carbons (Fsp3) is 0. The Bertz CT molecular complexity index is 454. The molecule has 0 unspecified atom stereocenters. The summed E-state index contributed by atoms with van der Waals surface area (Å²) in [5, 5.41) is 15.3. The predicted molar refractivity (Wildman–Crippen MR) is 51.8 cm³/mol. The summed E-state index contributed by atoms with van der Waals surface area (Å²) in [4.78, 5) is 10.6. The van der Waals surface area contributed by atoms with Gasteiger partial charge in [0.15, 0.2) is 0 Å². The Morgan fingerprint density at radius 1 is 1.27 bits per heavy atom. The second-order valence-corrected chi connectivity index (χ2v) is 4.20. The van der Waals surface area contributed by atoms with Gasteiger partial charge in [-0.2, -0.15) is 0 Å². The average molecular weight is 231 g/mol. The Hall–Kier alpha value is -1.64. The molecule has 15 heavy (non-hydrogen) atoms. The third-order valence-electron chi connectivity index (χ3n) is 1.54. The number of sulfonamides is 1. The van der Waals surface area contributed by atoms with Gasteiger partial charge in [0.1, 0.15) is 0 Å². The number of nitrogens with one attached hydrogen (secondary N) is 2. The van der Waals surface area contributed by atoms with E-state index < -0.39 is 16.1 Å². The molecule has 0 bridgehead atoms. The van der Waals surface area contributed by atoms with Crippen LogP contribution in [0.2, 0.25) is 0 Å². The van der Waals surface area contributed by atoms with E-state index >= 15 is 0 Å². The summed E-state index contributed by atoms with van der Waals surface area (Å²) >= 11 is 0. The normalized spacial score (nSPS) is 10.8. The third kappa shape index (κ3) is 3.20. The SMILES string of the molecule is NS(=O)(=O)c1ccc(NC(=O)NO)cc1. The van der Waals surface area contributed by atoms with Crippen LogP contribution >= 0.6 is 0 Å². The van der Waals surface area contributed by atoms with E-state index in [0.717, 1.165) is 0 Å². The highest BCUT2D eigenvalue weighted by molar-refractivity contribution is 7.89. The number of hydroxylamine groups is 1. The third-order valence-corrected chi connectivity index (χ3v) is 2.47. The number of carbonyl (C=O) groups is 1. The van der Waals surface area contributed by atoms with E-state index in [1.807, 2.05) is 0 Å². The summed E-state index contributed by atoms with van der Waals surface area (Å²) in [7, 11) is -3.73. The molecule has 0 aliphatic heterocycles. The molecule has 0 aliphatic carbocycles. The number of benzene rings is 1. The zero-order valence-electron chi connectivity index (χ0n) is 7.47. The molecule has 0 spiro atoms. The summed E-state index contributed by atoms with van der Waals surface area (Å²) in [6.45, 7) is 0. The molecule has 82 valence electrons. The predicted octanol–water partition coefficient (Wildman–Crippen LogP) is -0.155. The van der Waals surface area contributed by atoms with E-state index in [-0.39, 0.29) is 4.90 Å². The molecule has 1 aromatic carbocycles. The Balaban J connectivity index is 2.86. The minimum atomic E-state index is -3.73. The van der Waals surface area contributed by atoms with Crippen LogP contribution in [0, 0.1) is 0 Å². The van der Waals surface area contributed by atoms with Gasteiger partial charge >= 0.3 is 6.03 Å². The van der Waals surface area contributed by atoms with Crippen molar-refractivity contribution in [2.45, 2.75) is 4.90 Å². The lowest BCUT2D eigenvalue weighted by atomic mass is 10.3. The molecule has 0 saturated carbocycles. The van der Waals surface area contributed by atoms with Crippen molar-refractivity contribution in [1.82, 2.24) is 5.48 Å². The Morgan fingerprint density at radius 3 is 2.20 bits per heavy atom. The summed E-state index contributed by atoms with van der Waals surface area (Å²) in [5.41, 5.74) is 1.69. The maximum absolute atomic E-state index is 10.9. The number of hydrogen-bond acceptors (Lipinski definition) is 4.